The summed E-state index contributed by atoms with van der Waals surface area (Å²) in [5.41, 5.74) is 1.66. The summed E-state index contributed by atoms with van der Waals surface area (Å²) in [5, 5.41) is 28.6. The molecule has 1 aliphatic rings. The molecular formula is C14H21NO3. The minimum absolute atomic E-state index is 0.435. The zero-order chi connectivity index (χ0) is 13.0. The largest absolute Gasteiger partial charge is 0.394 e. The zero-order valence-corrected chi connectivity index (χ0v) is 10.5. The summed E-state index contributed by atoms with van der Waals surface area (Å²) >= 11 is 0. The molecule has 2 unspecified atom stereocenters. The Balaban J connectivity index is 2.24. The van der Waals surface area contributed by atoms with Crippen molar-refractivity contribution in [3.8, 4) is 0 Å². The molecule has 1 saturated heterocycles. The number of rotatable bonds is 4. The van der Waals surface area contributed by atoms with Crippen LogP contribution in [-0.4, -0.2) is 41.1 Å². The van der Waals surface area contributed by atoms with Gasteiger partial charge in [-0.2, -0.15) is 0 Å². The monoisotopic (exact) mass is 251 g/mol. The summed E-state index contributed by atoms with van der Waals surface area (Å²) in [7, 11) is 0. The molecule has 18 heavy (non-hydrogen) atoms. The Kier molecular flexibility index (Phi) is 4.58. The van der Waals surface area contributed by atoms with Gasteiger partial charge in [-0.25, -0.2) is 0 Å². The minimum Gasteiger partial charge on any atom is -0.394 e. The molecule has 1 fully saturated rings. The molecule has 4 heteroatoms. The molecule has 4 nitrogen and oxygen atoms in total. The first-order chi connectivity index (χ1) is 8.74. The van der Waals surface area contributed by atoms with Gasteiger partial charge in [-0.1, -0.05) is 18.2 Å². The van der Waals surface area contributed by atoms with Crippen LogP contribution in [0.15, 0.2) is 24.3 Å². The van der Waals surface area contributed by atoms with Crippen LogP contribution in [0.25, 0.3) is 0 Å². The molecule has 1 aliphatic heterocycles. The van der Waals surface area contributed by atoms with Crippen molar-refractivity contribution >= 4 is 5.69 Å². The second kappa shape index (κ2) is 6.18. The van der Waals surface area contributed by atoms with E-state index >= 15 is 0 Å². The van der Waals surface area contributed by atoms with Crippen LogP contribution in [-0.2, 0) is 0 Å². The number of piperidine rings is 1. The van der Waals surface area contributed by atoms with Crippen LogP contribution in [0, 0.1) is 0 Å². The Morgan fingerprint density at radius 2 is 1.72 bits per heavy atom. The van der Waals surface area contributed by atoms with Gasteiger partial charge in [0.05, 0.1) is 6.61 Å². The normalized spacial score (nSPS) is 19.6. The van der Waals surface area contributed by atoms with Crippen LogP contribution < -0.4 is 4.90 Å². The van der Waals surface area contributed by atoms with Gasteiger partial charge in [0.2, 0.25) is 0 Å². The van der Waals surface area contributed by atoms with Gasteiger partial charge in [0.25, 0.3) is 0 Å². The first kappa shape index (κ1) is 13.3. The summed E-state index contributed by atoms with van der Waals surface area (Å²) < 4.78 is 0. The predicted octanol–water partition coefficient (Wildman–Crippen LogP) is 1.06. The van der Waals surface area contributed by atoms with Gasteiger partial charge in [-0.15, -0.1) is 0 Å². The molecule has 2 rings (SSSR count). The van der Waals surface area contributed by atoms with Crippen LogP contribution in [0.2, 0.25) is 0 Å². The van der Waals surface area contributed by atoms with E-state index in [-0.39, 0.29) is 0 Å². The molecule has 0 aromatic heterocycles. The number of aliphatic hydroxyl groups is 3. The van der Waals surface area contributed by atoms with Crippen LogP contribution in [0.1, 0.15) is 30.9 Å². The Hall–Kier alpha value is -1.10. The third-order valence-corrected chi connectivity index (χ3v) is 3.50. The molecule has 100 valence electrons. The third-order valence-electron chi connectivity index (χ3n) is 3.50. The Bertz CT molecular complexity index is 356. The van der Waals surface area contributed by atoms with E-state index in [0.717, 1.165) is 31.6 Å². The standard InChI is InChI=1S/C14H21NO3/c16-10-13(17)14(18)11-6-2-3-7-12(11)15-8-4-1-5-9-15/h2-3,6-7,13-14,16-18H,1,4-5,8-10H2. The smallest absolute Gasteiger partial charge is 0.109 e. The number of hydrogen-bond acceptors (Lipinski definition) is 4. The van der Waals surface area contributed by atoms with Gasteiger partial charge >= 0.3 is 0 Å². The lowest BCUT2D eigenvalue weighted by Gasteiger charge is -2.32. The minimum atomic E-state index is -1.13. The highest BCUT2D eigenvalue weighted by Gasteiger charge is 2.23. The fourth-order valence-electron chi connectivity index (χ4n) is 2.47. The van der Waals surface area contributed by atoms with Crippen LogP contribution in [0.4, 0.5) is 5.69 Å². The predicted molar refractivity (Wildman–Crippen MR) is 70.6 cm³/mol. The SMILES string of the molecule is OCC(O)C(O)c1ccccc1N1CCCCC1. The molecule has 1 heterocycles. The Labute approximate surface area is 107 Å². The second-order valence-electron chi connectivity index (χ2n) is 4.80. The maximum atomic E-state index is 10.1. The quantitative estimate of drug-likeness (QED) is 0.749. The lowest BCUT2D eigenvalue weighted by Crippen LogP contribution is -2.32. The van der Waals surface area contributed by atoms with Crippen LogP contribution in [0.5, 0.6) is 0 Å². The molecule has 0 aliphatic carbocycles. The Morgan fingerprint density at radius 3 is 2.39 bits per heavy atom. The molecule has 0 amide bonds. The summed E-state index contributed by atoms with van der Waals surface area (Å²) in [4.78, 5) is 2.24. The summed E-state index contributed by atoms with van der Waals surface area (Å²) in [6.07, 6.45) is 1.41. The fraction of sp³-hybridized carbons (Fsp3) is 0.571. The van der Waals surface area contributed by atoms with Crippen LogP contribution in [0.3, 0.4) is 0 Å². The lowest BCUT2D eigenvalue weighted by molar-refractivity contribution is -0.0150. The maximum absolute atomic E-state index is 10.1. The highest BCUT2D eigenvalue weighted by atomic mass is 16.4. The molecule has 0 spiro atoms. The second-order valence-corrected chi connectivity index (χ2v) is 4.80. The van der Waals surface area contributed by atoms with Crippen molar-refractivity contribution in [2.24, 2.45) is 0 Å². The van der Waals surface area contributed by atoms with E-state index in [9.17, 15) is 10.2 Å². The third kappa shape index (κ3) is 2.83. The maximum Gasteiger partial charge on any atom is 0.109 e. The number of hydrogen-bond donors (Lipinski definition) is 3. The number of aliphatic hydroxyl groups excluding tert-OH is 3. The zero-order valence-electron chi connectivity index (χ0n) is 10.5. The van der Waals surface area contributed by atoms with E-state index in [1.54, 1.807) is 0 Å². The molecular weight excluding hydrogens is 230 g/mol. The molecule has 2 atom stereocenters. The van der Waals surface area contributed by atoms with E-state index in [4.69, 9.17) is 5.11 Å². The van der Waals surface area contributed by atoms with E-state index in [1.165, 1.54) is 6.42 Å². The van der Waals surface area contributed by atoms with Crippen molar-refractivity contribution in [3.05, 3.63) is 29.8 Å². The van der Waals surface area contributed by atoms with Crippen molar-refractivity contribution in [3.63, 3.8) is 0 Å². The molecule has 3 N–H and O–H groups in total. The van der Waals surface area contributed by atoms with Crippen molar-refractivity contribution in [2.45, 2.75) is 31.5 Å². The number of para-hydroxylation sites is 1. The first-order valence-electron chi connectivity index (χ1n) is 6.55. The molecule has 0 saturated carbocycles. The summed E-state index contributed by atoms with van der Waals surface area (Å²) in [5.74, 6) is 0. The van der Waals surface area contributed by atoms with Gasteiger partial charge in [0.1, 0.15) is 12.2 Å². The summed E-state index contributed by atoms with van der Waals surface area (Å²) in [6, 6.07) is 7.56. The van der Waals surface area contributed by atoms with E-state index in [0.29, 0.717) is 5.56 Å². The fourth-order valence-corrected chi connectivity index (χ4v) is 2.47. The molecule has 1 aromatic carbocycles. The van der Waals surface area contributed by atoms with Gasteiger partial charge in [-0.3, -0.25) is 0 Å². The molecule has 0 radical (unpaired) electrons. The topological polar surface area (TPSA) is 63.9 Å². The van der Waals surface area contributed by atoms with Crippen LogP contribution >= 0.6 is 0 Å². The highest BCUT2D eigenvalue weighted by molar-refractivity contribution is 5.55. The van der Waals surface area contributed by atoms with Crippen molar-refractivity contribution in [2.75, 3.05) is 24.6 Å². The number of nitrogens with zero attached hydrogens (tertiary/aromatic N) is 1. The number of anilines is 1. The molecule has 0 bridgehead atoms. The van der Waals surface area contributed by atoms with E-state index in [1.807, 2.05) is 24.3 Å². The lowest BCUT2D eigenvalue weighted by atomic mass is 10.0. The summed E-state index contributed by atoms with van der Waals surface area (Å²) in [6.45, 7) is 1.54. The van der Waals surface area contributed by atoms with E-state index < -0.39 is 18.8 Å². The molecule has 1 aromatic rings. The van der Waals surface area contributed by atoms with E-state index in [2.05, 4.69) is 4.90 Å². The van der Waals surface area contributed by atoms with Crippen molar-refractivity contribution < 1.29 is 15.3 Å². The van der Waals surface area contributed by atoms with Gasteiger partial charge in [0.15, 0.2) is 0 Å². The number of benzene rings is 1. The Morgan fingerprint density at radius 1 is 1.06 bits per heavy atom. The average Bonchev–Trinajstić information content (AvgIpc) is 2.46. The van der Waals surface area contributed by atoms with Crippen molar-refractivity contribution in [1.82, 2.24) is 0 Å². The van der Waals surface area contributed by atoms with Crippen molar-refractivity contribution in [1.29, 1.82) is 0 Å². The van der Waals surface area contributed by atoms with Gasteiger partial charge < -0.3 is 20.2 Å². The van der Waals surface area contributed by atoms with Gasteiger partial charge in [0, 0.05) is 24.3 Å². The van der Waals surface area contributed by atoms with Gasteiger partial charge in [-0.05, 0) is 25.3 Å². The highest BCUT2D eigenvalue weighted by Crippen LogP contribution is 2.30. The average molecular weight is 251 g/mol. The first-order valence-corrected chi connectivity index (χ1v) is 6.55.